The number of hydrogen-bond donors (Lipinski definition) is 2. The van der Waals surface area contributed by atoms with E-state index < -0.39 is 11.5 Å². The maximum atomic E-state index is 11.2. The van der Waals surface area contributed by atoms with Crippen molar-refractivity contribution in [3.8, 4) is 0 Å². The molecule has 0 heterocycles. The van der Waals surface area contributed by atoms with Gasteiger partial charge in [-0.2, -0.15) is 0 Å². The molecule has 2 atom stereocenters. The summed E-state index contributed by atoms with van der Waals surface area (Å²) >= 11 is 0. The first kappa shape index (κ1) is 19.3. The van der Waals surface area contributed by atoms with Crippen molar-refractivity contribution in [3.05, 3.63) is 0 Å². The van der Waals surface area contributed by atoms with Gasteiger partial charge in [0.05, 0.1) is 13.2 Å². The van der Waals surface area contributed by atoms with Crippen molar-refractivity contribution in [2.45, 2.75) is 38.3 Å². The fourth-order valence-corrected chi connectivity index (χ4v) is 2.08. The monoisotopic (exact) mass is 290 g/mol. The third-order valence-corrected chi connectivity index (χ3v) is 3.76. The third kappa shape index (κ3) is 6.65. The van der Waals surface area contributed by atoms with Crippen LogP contribution in [0.2, 0.25) is 0 Å². The van der Waals surface area contributed by atoms with E-state index in [1.807, 2.05) is 0 Å². The van der Waals surface area contributed by atoms with Crippen LogP contribution in [0.1, 0.15) is 26.7 Å². The van der Waals surface area contributed by atoms with Crippen molar-refractivity contribution in [2.75, 3.05) is 47.6 Å². The predicted octanol–water partition coefficient (Wildman–Crippen LogP) is 0.813. The van der Waals surface area contributed by atoms with Gasteiger partial charge in [-0.15, -0.1) is 0 Å². The molecule has 0 aliphatic heterocycles. The van der Waals surface area contributed by atoms with E-state index >= 15 is 0 Å². The lowest BCUT2D eigenvalue weighted by molar-refractivity contribution is -0.144. The summed E-state index contributed by atoms with van der Waals surface area (Å²) in [6, 6.07) is 0.292. The van der Waals surface area contributed by atoms with Crippen LogP contribution in [0.3, 0.4) is 0 Å². The Hall–Kier alpha value is -0.690. The van der Waals surface area contributed by atoms with Crippen LogP contribution >= 0.6 is 0 Å². The van der Waals surface area contributed by atoms with E-state index in [0.717, 1.165) is 19.5 Å². The van der Waals surface area contributed by atoms with Crippen LogP contribution in [-0.4, -0.2) is 75.1 Å². The van der Waals surface area contributed by atoms with Crippen LogP contribution in [-0.2, 0) is 14.3 Å². The molecule has 2 unspecified atom stereocenters. The zero-order valence-corrected chi connectivity index (χ0v) is 13.4. The van der Waals surface area contributed by atoms with E-state index in [4.69, 9.17) is 9.47 Å². The molecule has 0 aliphatic rings. The van der Waals surface area contributed by atoms with Crippen LogP contribution < -0.4 is 5.32 Å². The zero-order valence-electron chi connectivity index (χ0n) is 13.4. The number of carboxylic acid groups (broad SMARTS) is 1. The molecule has 0 spiro atoms. The summed E-state index contributed by atoms with van der Waals surface area (Å²) in [5, 5.41) is 12.1. The van der Waals surface area contributed by atoms with Crippen LogP contribution in [0.4, 0.5) is 0 Å². The Morgan fingerprint density at radius 2 is 2.00 bits per heavy atom. The van der Waals surface area contributed by atoms with Crippen LogP contribution in [0, 0.1) is 0 Å². The number of aliphatic carboxylic acids is 1. The van der Waals surface area contributed by atoms with E-state index in [1.54, 1.807) is 28.2 Å². The molecule has 0 rings (SSSR count). The number of carbonyl (C=O) groups is 1. The van der Waals surface area contributed by atoms with Gasteiger partial charge >= 0.3 is 5.97 Å². The molecule has 0 radical (unpaired) electrons. The molecule has 20 heavy (non-hydrogen) atoms. The average Bonchev–Trinajstić information content (AvgIpc) is 2.42. The number of methoxy groups -OCH3 is 2. The Labute approximate surface area is 122 Å². The molecule has 0 amide bonds. The second-order valence-electron chi connectivity index (χ2n) is 5.32. The molecular weight excluding hydrogens is 260 g/mol. The molecule has 0 fully saturated rings. The van der Waals surface area contributed by atoms with Gasteiger partial charge in [-0.05, 0) is 40.3 Å². The van der Waals surface area contributed by atoms with Crippen molar-refractivity contribution in [2.24, 2.45) is 0 Å². The number of rotatable bonds is 12. The summed E-state index contributed by atoms with van der Waals surface area (Å²) in [6.45, 7) is 6.80. The highest BCUT2D eigenvalue weighted by Crippen LogP contribution is 2.13. The molecular formula is C14H30N2O4. The van der Waals surface area contributed by atoms with Crippen molar-refractivity contribution >= 4 is 5.97 Å². The fourth-order valence-electron chi connectivity index (χ4n) is 2.08. The van der Waals surface area contributed by atoms with Crippen LogP contribution in [0.25, 0.3) is 0 Å². The van der Waals surface area contributed by atoms with E-state index in [-0.39, 0.29) is 0 Å². The quantitative estimate of drug-likeness (QED) is 0.554. The lowest BCUT2D eigenvalue weighted by atomic mass is 9.96. The normalized spacial score (nSPS) is 16.1. The number of hydrogen-bond acceptors (Lipinski definition) is 5. The molecule has 0 bridgehead atoms. The standard InChI is InChI=1S/C14H30N2O4/c1-12(11-20-5)16(9-10-19-4)8-6-7-14(2,15-3)13(17)18/h12,15H,6-11H2,1-5H3,(H,17,18). The van der Waals surface area contributed by atoms with Gasteiger partial charge in [0.25, 0.3) is 0 Å². The minimum atomic E-state index is -0.864. The van der Waals surface area contributed by atoms with Crippen molar-refractivity contribution in [3.63, 3.8) is 0 Å². The second-order valence-corrected chi connectivity index (χ2v) is 5.32. The maximum absolute atomic E-state index is 11.2. The van der Waals surface area contributed by atoms with E-state index in [9.17, 15) is 9.90 Å². The van der Waals surface area contributed by atoms with Gasteiger partial charge < -0.3 is 19.9 Å². The van der Waals surface area contributed by atoms with Gasteiger partial charge in [0.2, 0.25) is 0 Å². The van der Waals surface area contributed by atoms with Gasteiger partial charge in [0, 0.05) is 26.8 Å². The Bertz CT molecular complexity index is 276. The fraction of sp³-hybridized carbons (Fsp3) is 0.929. The summed E-state index contributed by atoms with van der Waals surface area (Å²) in [5.41, 5.74) is -0.864. The third-order valence-electron chi connectivity index (χ3n) is 3.76. The molecule has 120 valence electrons. The predicted molar refractivity (Wildman–Crippen MR) is 79.1 cm³/mol. The highest BCUT2D eigenvalue weighted by Gasteiger charge is 2.30. The van der Waals surface area contributed by atoms with Gasteiger partial charge in [0.1, 0.15) is 5.54 Å². The number of ether oxygens (including phenoxy) is 2. The highest BCUT2D eigenvalue weighted by atomic mass is 16.5. The first-order valence-electron chi connectivity index (χ1n) is 7.05. The lowest BCUT2D eigenvalue weighted by Crippen LogP contribution is -2.48. The minimum Gasteiger partial charge on any atom is -0.480 e. The second kappa shape index (κ2) is 10.1. The smallest absolute Gasteiger partial charge is 0.323 e. The van der Waals surface area contributed by atoms with Gasteiger partial charge in [-0.1, -0.05) is 0 Å². The molecule has 6 heteroatoms. The van der Waals surface area contributed by atoms with Crippen LogP contribution in [0.5, 0.6) is 0 Å². The molecule has 0 aromatic heterocycles. The Morgan fingerprint density at radius 1 is 1.35 bits per heavy atom. The molecule has 0 saturated heterocycles. The Kier molecular flexibility index (Phi) is 9.75. The number of nitrogens with one attached hydrogen (secondary N) is 1. The van der Waals surface area contributed by atoms with E-state index in [0.29, 0.717) is 25.7 Å². The Balaban J connectivity index is 4.34. The minimum absolute atomic E-state index is 0.292. The van der Waals surface area contributed by atoms with Gasteiger partial charge in [-0.25, -0.2) is 0 Å². The van der Waals surface area contributed by atoms with Gasteiger partial charge in [-0.3, -0.25) is 9.69 Å². The highest BCUT2D eigenvalue weighted by molar-refractivity contribution is 5.78. The lowest BCUT2D eigenvalue weighted by Gasteiger charge is -2.30. The number of likely N-dealkylation sites (N-methyl/N-ethyl adjacent to an activating group) is 1. The Morgan fingerprint density at radius 3 is 2.45 bits per heavy atom. The molecule has 6 nitrogen and oxygen atoms in total. The summed E-state index contributed by atoms with van der Waals surface area (Å²) in [5.74, 6) is -0.812. The topological polar surface area (TPSA) is 71.0 Å². The maximum Gasteiger partial charge on any atom is 0.323 e. The summed E-state index contributed by atoms with van der Waals surface area (Å²) in [6.07, 6.45) is 1.39. The molecule has 0 aromatic rings. The summed E-state index contributed by atoms with van der Waals surface area (Å²) in [7, 11) is 5.06. The first-order valence-corrected chi connectivity index (χ1v) is 7.05. The molecule has 0 aromatic carbocycles. The van der Waals surface area contributed by atoms with Crippen molar-refractivity contribution in [1.82, 2.24) is 10.2 Å². The van der Waals surface area contributed by atoms with E-state index in [2.05, 4.69) is 17.1 Å². The largest absolute Gasteiger partial charge is 0.480 e. The number of nitrogens with zero attached hydrogens (tertiary/aromatic N) is 1. The zero-order chi connectivity index (χ0) is 15.6. The van der Waals surface area contributed by atoms with Gasteiger partial charge in [0.15, 0.2) is 0 Å². The van der Waals surface area contributed by atoms with Crippen LogP contribution in [0.15, 0.2) is 0 Å². The van der Waals surface area contributed by atoms with Crippen molar-refractivity contribution in [1.29, 1.82) is 0 Å². The summed E-state index contributed by atoms with van der Waals surface area (Å²) < 4.78 is 10.3. The molecule has 0 aliphatic carbocycles. The summed E-state index contributed by atoms with van der Waals surface area (Å²) in [4.78, 5) is 13.5. The number of carboxylic acids is 1. The SMILES string of the molecule is CNC(C)(CCCN(CCOC)C(C)COC)C(=O)O. The first-order chi connectivity index (χ1) is 9.41. The molecule has 0 saturated carbocycles. The molecule has 2 N–H and O–H groups in total. The van der Waals surface area contributed by atoms with Crippen molar-refractivity contribution < 1.29 is 19.4 Å². The van der Waals surface area contributed by atoms with E-state index in [1.165, 1.54) is 0 Å². The average molecular weight is 290 g/mol.